The summed E-state index contributed by atoms with van der Waals surface area (Å²) in [7, 11) is 1.90. The van der Waals surface area contributed by atoms with E-state index in [-0.39, 0.29) is 47.8 Å². The first kappa shape index (κ1) is 20.7. The summed E-state index contributed by atoms with van der Waals surface area (Å²) in [5.41, 5.74) is 5.86. The van der Waals surface area contributed by atoms with Crippen molar-refractivity contribution < 1.29 is 9.53 Å². The van der Waals surface area contributed by atoms with E-state index in [1.54, 1.807) is 0 Å². The number of halogens is 1. The minimum Gasteiger partial charge on any atom is -0.378 e. The Morgan fingerprint density at radius 2 is 2.00 bits per heavy atom. The highest BCUT2D eigenvalue weighted by atomic mass is 35.5. The van der Waals surface area contributed by atoms with E-state index in [2.05, 4.69) is 20.8 Å². The third-order valence-corrected chi connectivity index (χ3v) is 4.94. The average Bonchev–Trinajstić information content (AvgIpc) is 2.39. The van der Waals surface area contributed by atoms with Crippen LogP contribution in [-0.2, 0) is 9.53 Å². The van der Waals surface area contributed by atoms with Crippen LogP contribution < -0.4 is 5.73 Å². The van der Waals surface area contributed by atoms with Gasteiger partial charge in [0.25, 0.3) is 0 Å². The highest BCUT2D eigenvalue weighted by Gasteiger charge is 2.52. The normalized spacial score (nSPS) is 26.2. The number of ether oxygens (including phenoxy) is 1. The maximum absolute atomic E-state index is 12.4. The molecule has 1 aliphatic rings. The van der Waals surface area contributed by atoms with Gasteiger partial charge in [0.1, 0.15) is 0 Å². The Bertz CT molecular complexity index is 334. The van der Waals surface area contributed by atoms with E-state index in [9.17, 15) is 4.79 Å². The van der Waals surface area contributed by atoms with Crippen molar-refractivity contribution in [1.82, 2.24) is 4.90 Å². The summed E-state index contributed by atoms with van der Waals surface area (Å²) in [6, 6.07) is 0.146. The standard InChI is InChI=1S/C16H32N2O2.ClH/c1-7-8-9-20-14-10-13(16(14,4)5)18(6)15(19)11(2)12(3)17;/h11-14H,7-10,17H2,1-6H3;1H. The van der Waals surface area contributed by atoms with E-state index in [0.717, 1.165) is 25.9 Å². The number of hydrogen-bond donors (Lipinski definition) is 1. The Morgan fingerprint density at radius 3 is 2.43 bits per heavy atom. The summed E-state index contributed by atoms with van der Waals surface area (Å²) in [6.45, 7) is 11.2. The molecule has 0 saturated heterocycles. The molecule has 126 valence electrons. The zero-order valence-electron chi connectivity index (χ0n) is 14.4. The van der Waals surface area contributed by atoms with Gasteiger partial charge in [0, 0.05) is 31.2 Å². The van der Waals surface area contributed by atoms with Crippen LogP contribution in [0.25, 0.3) is 0 Å². The van der Waals surface area contributed by atoms with E-state index >= 15 is 0 Å². The second-order valence-corrected chi connectivity index (χ2v) is 6.88. The first-order valence-electron chi connectivity index (χ1n) is 7.87. The minimum atomic E-state index is -0.129. The molecule has 1 aliphatic carbocycles. The van der Waals surface area contributed by atoms with Crippen LogP contribution in [0.5, 0.6) is 0 Å². The zero-order valence-corrected chi connectivity index (χ0v) is 15.2. The van der Waals surface area contributed by atoms with E-state index in [4.69, 9.17) is 10.5 Å². The van der Waals surface area contributed by atoms with Gasteiger partial charge in [-0.15, -0.1) is 12.4 Å². The summed E-state index contributed by atoms with van der Waals surface area (Å²) in [5.74, 6) is 0.0148. The number of nitrogens with zero attached hydrogens (tertiary/aromatic N) is 1. The summed E-state index contributed by atoms with van der Waals surface area (Å²) >= 11 is 0. The summed E-state index contributed by atoms with van der Waals surface area (Å²) < 4.78 is 5.94. The van der Waals surface area contributed by atoms with E-state index < -0.39 is 0 Å². The Morgan fingerprint density at radius 1 is 1.43 bits per heavy atom. The average molecular weight is 321 g/mol. The molecule has 0 bridgehead atoms. The lowest BCUT2D eigenvalue weighted by Gasteiger charge is -2.55. The molecule has 0 aromatic carbocycles. The van der Waals surface area contributed by atoms with Gasteiger partial charge in [0.2, 0.25) is 5.91 Å². The molecule has 4 unspecified atom stereocenters. The van der Waals surface area contributed by atoms with Gasteiger partial charge in [0.05, 0.1) is 12.0 Å². The maximum Gasteiger partial charge on any atom is 0.226 e. The number of nitrogens with two attached hydrogens (primary N) is 1. The first-order valence-corrected chi connectivity index (χ1v) is 7.87. The molecule has 1 fully saturated rings. The number of carbonyl (C=O) groups excluding carboxylic acids is 1. The molecule has 1 rings (SSSR count). The van der Waals surface area contributed by atoms with Crippen LogP contribution in [0.3, 0.4) is 0 Å². The highest BCUT2D eigenvalue weighted by molar-refractivity contribution is 5.85. The van der Waals surface area contributed by atoms with Crippen LogP contribution in [0.4, 0.5) is 0 Å². The van der Waals surface area contributed by atoms with Crippen LogP contribution in [0, 0.1) is 11.3 Å². The second kappa shape index (κ2) is 8.35. The Hall–Kier alpha value is -0.320. The molecule has 0 aromatic rings. The van der Waals surface area contributed by atoms with Crippen molar-refractivity contribution in [3.63, 3.8) is 0 Å². The van der Waals surface area contributed by atoms with Crippen LogP contribution in [0.15, 0.2) is 0 Å². The van der Waals surface area contributed by atoms with Gasteiger partial charge in [-0.05, 0) is 19.8 Å². The fourth-order valence-electron chi connectivity index (χ4n) is 2.87. The molecule has 1 amide bonds. The molecule has 5 heteroatoms. The molecule has 1 saturated carbocycles. The van der Waals surface area contributed by atoms with Crippen molar-refractivity contribution in [2.24, 2.45) is 17.1 Å². The molecule has 0 aliphatic heterocycles. The Labute approximate surface area is 136 Å². The fourth-order valence-corrected chi connectivity index (χ4v) is 2.87. The quantitative estimate of drug-likeness (QED) is 0.734. The third-order valence-electron chi connectivity index (χ3n) is 4.94. The Kier molecular flexibility index (Phi) is 8.22. The zero-order chi connectivity index (χ0) is 15.5. The van der Waals surface area contributed by atoms with Crippen molar-refractivity contribution in [3.8, 4) is 0 Å². The van der Waals surface area contributed by atoms with Crippen molar-refractivity contribution in [2.75, 3.05) is 13.7 Å². The fraction of sp³-hybridized carbons (Fsp3) is 0.938. The summed E-state index contributed by atoms with van der Waals surface area (Å²) in [5, 5.41) is 0. The maximum atomic E-state index is 12.4. The van der Waals surface area contributed by atoms with Crippen molar-refractivity contribution in [1.29, 1.82) is 0 Å². The van der Waals surface area contributed by atoms with Gasteiger partial charge in [0.15, 0.2) is 0 Å². The Balaban J connectivity index is 0.00000400. The van der Waals surface area contributed by atoms with Crippen molar-refractivity contribution >= 4 is 18.3 Å². The first-order chi connectivity index (χ1) is 9.23. The number of unbranched alkanes of at least 4 members (excludes halogenated alkanes) is 1. The molecular weight excluding hydrogens is 288 g/mol. The van der Waals surface area contributed by atoms with Gasteiger partial charge < -0.3 is 15.4 Å². The van der Waals surface area contributed by atoms with Crippen LogP contribution in [0.2, 0.25) is 0 Å². The number of rotatable bonds is 7. The lowest BCUT2D eigenvalue weighted by atomic mass is 9.63. The molecule has 4 nitrogen and oxygen atoms in total. The van der Waals surface area contributed by atoms with Gasteiger partial charge in [-0.2, -0.15) is 0 Å². The summed E-state index contributed by atoms with van der Waals surface area (Å²) in [4.78, 5) is 14.3. The number of hydrogen-bond acceptors (Lipinski definition) is 3. The molecule has 0 aromatic heterocycles. The number of amides is 1. The van der Waals surface area contributed by atoms with Gasteiger partial charge in [-0.1, -0.05) is 34.1 Å². The monoisotopic (exact) mass is 320 g/mol. The lowest BCUT2D eigenvalue weighted by molar-refractivity contribution is -0.167. The van der Waals surface area contributed by atoms with E-state index in [1.807, 2.05) is 25.8 Å². The predicted octanol–water partition coefficient (Wildman–Crippen LogP) is 2.83. The third kappa shape index (κ3) is 4.57. The largest absolute Gasteiger partial charge is 0.378 e. The molecule has 21 heavy (non-hydrogen) atoms. The van der Waals surface area contributed by atoms with Gasteiger partial charge >= 0.3 is 0 Å². The van der Waals surface area contributed by atoms with Gasteiger partial charge in [-0.25, -0.2) is 0 Å². The molecule has 0 heterocycles. The second-order valence-electron chi connectivity index (χ2n) is 6.88. The number of carbonyl (C=O) groups is 1. The molecule has 4 atom stereocenters. The highest BCUT2D eigenvalue weighted by Crippen LogP contribution is 2.45. The van der Waals surface area contributed by atoms with Crippen molar-refractivity contribution in [3.05, 3.63) is 0 Å². The smallest absolute Gasteiger partial charge is 0.226 e. The molecular formula is C16H33ClN2O2. The van der Waals surface area contributed by atoms with Crippen LogP contribution in [-0.4, -0.2) is 42.6 Å². The minimum absolute atomic E-state index is 0. The molecule has 0 spiro atoms. The molecule has 0 radical (unpaired) electrons. The summed E-state index contributed by atoms with van der Waals surface area (Å²) in [6.07, 6.45) is 3.46. The van der Waals surface area contributed by atoms with Crippen LogP contribution in [0.1, 0.15) is 53.9 Å². The topological polar surface area (TPSA) is 55.6 Å². The van der Waals surface area contributed by atoms with Gasteiger partial charge in [-0.3, -0.25) is 4.79 Å². The van der Waals surface area contributed by atoms with Crippen molar-refractivity contribution in [2.45, 2.75) is 72.1 Å². The van der Waals surface area contributed by atoms with E-state index in [0.29, 0.717) is 0 Å². The SMILES string of the molecule is CCCCOC1CC(N(C)C(=O)C(C)C(C)N)C1(C)C.Cl. The van der Waals surface area contributed by atoms with Crippen LogP contribution >= 0.6 is 12.4 Å². The molecule has 2 N–H and O–H groups in total. The van der Waals surface area contributed by atoms with E-state index in [1.165, 1.54) is 0 Å². The lowest BCUT2D eigenvalue weighted by Crippen LogP contribution is -2.63. The predicted molar refractivity (Wildman–Crippen MR) is 89.7 cm³/mol.